The maximum Gasteiger partial charge on any atom is 0.162 e. The standard InChI is InChI=1S/C17H23N3O/c1-11(2)18-9-13-4-5-16-15(8-13)12(3)19-17(20-16)14-6-7-21-10-14/h6-7,10-11,13,18H,4-5,8-9H2,1-3H3. The molecule has 0 radical (unpaired) electrons. The average Bonchev–Trinajstić information content (AvgIpc) is 2.99. The molecule has 3 rings (SSSR count). The Hall–Kier alpha value is -1.68. The molecule has 0 fully saturated rings. The summed E-state index contributed by atoms with van der Waals surface area (Å²) >= 11 is 0. The fourth-order valence-corrected chi connectivity index (χ4v) is 2.96. The third-order valence-corrected chi connectivity index (χ3v) is 4.18. The van der Waals surface area contributed by atoms with E-state index in [0.717, 1.165) is 36.5 Å². The topological polar surface area (TPSA) is 51.0 Å². The maximum atomic E-state index is 5.14. The molecule has 1 aliphatic rings. The molecule has 4 heteroatoms. The zero-order valence-electron chi connectivity index (χ0n) is 13.0. The zero-order chi connectivity index (χ0) is 14.8. The molecule has 1 unspecified atom stereocenters. The number of aromatic nitrogens is 2. The zero-order valence-corrected chi connectivity index (χ0v) is 13.0. The molecule has 4 nitrogen and oxygen atoms in total. The number of fused-ring (bicyclic) bond motifs is 1. The van der Waals surface area contributed by atoms with Crippen molar-refractivity contribution in [2.45, 2.75) is 46.1 Å². The van der Waals surface area contributed by atoms with Gasteiger partial charge in [-0.1, -0.05) is 13.8 Å². The first kappa shape index (κ1) is 14.3. The SMILES string of the molecule is Cc1nc(-c2ccoc2)nc2c1CC(CNC(C)C)CC2. The normalized spacial score (nSPS) is 18.0. The number of hydrogen-bond acceptors (Lipinski definition) is 4. The molecular weight excluding hydrogens is 262 g/mol. The van der Waals surface area contributed by atoms with Gasteiger partial charge in [-0.25, -0.2) is 9.97 Å². The summed E-state index contributed by atoms with van der Waals surface area (Å²) in [6, 6.07) is 2.46. The summed E-state index contributed by atoms with van der Waals surface area (Å²) in [6.07, 6.45) is 6.72. The van der Waals surface area contributed by atoms with Crippen LogP contribution in [-0.4, -0.2) is 22.6 Å². The second kappa shape index (κ2) is 5.98. The van der Waals surface area contributed by atoms with Crippen molar-refractivity contribution >= 4 is 0 Å². The van der Waals surface area contributed by atoms with E-state index in [1.165, 1.54) is 17.7 Å². The number of aryl methyl sites for hydroxylation is 2. The molecule has 0 bridgehead atoms. The van der Waals surface area contributed by atoms with Gasteiger partial charge in [0.1, 0.15) is 6.26 Å². The van der Waals surface area contributed by atoms with E-state index in [-0.39, 0.29) is 0 Å². The first-order valence-corrected chi connectivity index (χ1v) is 7.76. The minimum absolute atomic E-state index is 0.548. The van der Waals surface area contributed by atoms with Gasteiger partial charge in [-0.05, 0) is 50.3 Å². The van der Waals surface area contributed by atoms with Crippen molar-refractivity contribution in [3.8, 4) is 11.4 Å². The van der Waals surface area contributed by atoms with Crippen LogP contribution in [0.4, 0.5) is 0 Å². The van der Waals surface area contributed by atoms with E-state index in [0.29, 0.717) is 12.0 Å². The van der Waals surface area contributed by atoms with E-state index in [1.54, 1.807) is 12.5 Å². The average molecular weight is 285 g/mol. The van der Waals surface area contributed by atoms with Crippen molar-refractivity contribution in [1.29, 1.82) is 0 Å². The summed E-state index contributed by atoms with van der Waals surface area (Å²) in [6.45, 7) is 7.58. The Morgan fingerprint density at radius 2 is 2.24 bits per heavy atom. The van der Waals surface area contributed by atoms with Crippen LogP contribution in [0.15, 0.2) is 23.0 Å². The Morgan fingerprint density at radius 3 is 2.95 bits per heavy atom. The van der Waals surface area contributed by atoms with E-state index in [2.05, 4.69) is 31.1 Å². The highest BCUT2D eigenvalue weighted by atomic mass is 16.3. The van der Waals surface area contributed by atoms with Crippen molar-refractivity contribution in [2.75, 3.05) is 6.54 Å². The number of furan rings is 1. The van der Waals surface area contributed by atoms with Gasteiger partial charge in [-0.15, -0.1) is 0 Å². The lowest BCUT2D eigenvalue weighted by atomic mass is 9.85. The predicted molar refractivity (Wildman–Crippen MR) is 83.1 cm³/mol. The molecule has 2 aromatic rings. The molecular formula is C17H23N3O. The van der Waals surface area contributed by atoms with Crippen LogP contribution in [0.5, 0.6) is 0 Å². The Labute approximate surface area is 126 Å². The van der Waals surface area contributed by atoms with Gasteiger partial charge in [0.15, 0.2) is 5.82 Å². The molecule has 1 N–H and O–H groups in total. The summed E-state index contributed by atoms with van der Waals surface area (Å²) < 4.78 is 5.14. The van der Waals surface area contributed by atoms with Gasteiger partial charge in [0.2, 0.25) is 0 Å². The number of nitrogens with one attached hydrogen (secondary N) is 1. The fraction of sp³-hybridized carbons (Fsp3) is 0.529. The fourth-order valence-electron chi connectivity index (χ4n) is 2.96. The van der Waals surface area contributed by atoms with Crippen molar-refractivity contribution in [3.63, 3.8) is 0 Å². The van der Waals surface area contributed by atoms with Crippen LogP contribution in [0.3, 0.4) is 0 Å². The second-order valence-electron chi connectivity index (χ2n) is 6.24. The van der Waals surface area contributed by atoms with Crippen molar-refractivity contribution < 1.29 is 4.42 Å². The van der Waals surface area contributed by atoms with Gasteiger partial charge >= 0.3 is 0 Å². The van der Waals surface area contributed by atoms with Gasteiger partial charge in [0.25, 0.3) is 0 Å². The van der Waals surface area contributed by atoms with Gasteiger partial charge in [-0.3, -0.25) is 0 Å². The van der Waals surface area contributed by atoms with Crippen LogP contribution in [-0.2, 0) is 12.8 Å². The van der Waals surface area contributed by atoms with E-state index >= 15 is 0 Å². The molecule has 2 heterocycles. The van der Waals surface area contributed by atoms with Crippen molar-refractivity contribution in [3.05, 3.63) is 35.5 Å². The highest BCUT2D eigenvalue weighted by Gasteiger charge is 2.23. The van der Waals surface area contributed by atoms with Gasteiger partial charge in [0, 0.05) is 17.4 Å². The minimum Gasteiger partial charge on any atom is -0.472 e. The van der Waals surface area contributed by atoms with E-state index in [4.69, 9.17) is 9.40 Å². The summed E-state index contributed by atoms with van der Waals surface area (Å²) in [5.41, 5.74) is 4.65. The molecule has 0 saturated carbocycles. The molecule has 1 atom stereocenters. The second-order valence-corrected chi connectivity index (χ2v) is 6.24. The molecule has 0 aliphatic heterocycles. The molecule has 0 amide bonds. The summed E-state index contributed by atoms with van der Waals surface area (Å²) in [4.78, 5) is 9.42. The quantitative estimate of drug-likeness (QED) is 0.937. The Balaban J connectivity index is 1.80. The third kappa shape index (κ3) is 3.16. The molecule has 1 aliphatic carbocycles. The minimum atomic E-state index is 0.548. The molecule has 0 aromatic carbocycles. The third-order valence-electron chi connectivity index (χ3n) is 4.18. The lowest BCUT2D eigenvalue weighted by Crippen LogP contribution is -2.32. The van der Waals surface area contributed by atoms with Crippen LogP contribution >= 0.6 is 0 Å². The van der Waals surface area contributed by atoms with Gasteiger partial charge in [-0.2, -0.15) is 0 Å². The molecule has 2 aromatic heterocycles. The Morgan fingerprint density at radius 1 is 1.38 bits per heavy atom. The van der Waals surface area contributed by atoms with Gasteiger partial charge < -0.3 is 9.73 Å². The molecule has 0 saturated heterocycles. The van der Waals surface area contributed by atoms with Crippen molar-refractivity contribution in [2.24, 2.45) is 5.92 Å². The highest BCUT2D eigenvalue weighted by Crippen LogP contribution is 2.28. The largest absolute Gasteiger partial charge is 0.472 e. The molecule has 21 heavy (non-hydrogen) atoms. The molecule has 112 valence electrons. The van der Waals surface area contributed by atoms with Crippen molar-refractivity contribution in [1.82, 2.24) is 15.3 Å². The maximum absolute atomic E-state index is 5.14. The van der Waals surface area contributed by atoms with Crippen LogP contribution in [0, 0.1) is 12.8 Å². The molecule has 0 spiro atoms. The summed E-state index contributed by atoms with van der Waals surface area (Å²) in [5, 5.41) is 3.55. The van der Waals surface area contributed by atoms with E-state index in [9.17, 15) is 0 Å². The van der Waals surface area contributed by atoms with Crippen LogP contribution in [0.1, 0.15) is 37.2 Å². The first-order chi connectivity index (χ1) is 10.1. The number of hydrogen-bond donors (Lipinski definition) is 1. The predicted octanol–water partition coefficient (Wildman–Crippen LogP) is 3.15. The summed E-state index contributed by atoms with van der Waals surface area (Å²) in [7, 11) is 0. The van der Waals surface area contributed by atoms with E-state index < -0.39 is 0 Å². The number of nitrogens with zero attached hydrogens (tertiary/aromatic N) is 2. The highest BCUT2D eigenvalue weighted by molar-refractivity contribution is 5.54. The number of rotatable bonds is 4. The Bertz CT molecular complexity index is 605. The Kier molecular flexibility index (Phi) is 4.06. The first-order valence-electron chi connectivity index (χ1n) is 7.76. The lowest BCUT2D eigenvalue weighted by molar-refractivity contribution is 0.401. The van der Waals surface area contributed by atoms with Gasteiger partial charge in [0.05, 0.1) is 11.8 Å². The smallest absolute Gasteiger partial charge is 0.162 e. The monoisotopic (exact) mass is 285 g/mol. The summed E-state index contributed by atoms with van der Waals surface area (Å²) in [5.74, 6) is 1.49. The van der Waals surface area contributed by atoms with E-state index in [1.807, 2.05) is 6.07 Å². The van der Waals surface area contributed by atoms with Crippen LogP contribution in [0.2, 0.25) is 0 Å². The van der Waals surface area contributed by atoms with Crippen LogP contribution < -0.4 is 5.32 Å². The van der Waals surface area contributed by atoms with Crippen LogP contribution in [0.25, 0.3) is 11.4 Å². The lowest BCUT2D eigenvalue weighted by Gasteiger charge is -2.26.